The molecule has 0 spiro atoms. The molecule has 2 aromatic rings. The third-order valence-corrected chi connectivity index (χ3v) is 9.03. The number of nitrogens with zero attached hydrogens (tertiary/aromatic N) is 2. The van der Waals surface area contributed by atoms with Gasteiger partial charge in [0.05, 0.1) is 11.9 Å². The summed E-state index contributed by atoms with van der Waals surface area (Å²) in [6, 6.07) is 10.1. The molecule has 0 heterocycles. The van der Waals surface area contributed by atoms with E-state index >= 15 is 0 Å². The highest BCUT2D eigenvalue weighted by molar-refractivity contribution is 7.92. The summed E-state index contributed by atoms with van der Waals surface area (Å²) in [7, 11) is -3.57. The molecule has 1 fully saturated rings. The highest BCUT2D eigenvalue weighted by Gasteiger charge is 2.29. The van der Waals surface area contributed by atoms with Crippen LogP contribution in [0.4, 0.5) is 5.69 Å². The second-order valence-corrected chi connectivity index (χ2v) is 13.3. The molecular weight excluding hydrogens is 557 g/mol. The Balaban J connectivity index is 1.77. The number of amides is 2. The van der Waals surface area contributed by atoms with Gasteiger partial charge in [0.1, 0.15) is 6.04 Å². The van der Waals surface area contributed by atoms with E-state index in [1.807, 2.05) is 32.0 Å². The summed E-state index contributed by atoms with van der Waals surface area (Å²) in [5.41, 5.74) is 3.07. The lowest BCUT2D eigenvalue weighted by Gasteiger charge is -2.32. The lowest BCUT2D eigenvalue weighted by molar-refractivity contribution is -0.141. The average Bonchev–Trinajstić information content (AvgIpc) is 2.87. The molecular formula is C29H39Cl2N3O4S. The molecule has 1 atom stereocenters. The molecule has 0 saturated heterocycles. The molecule has 3 rings (SSSR count). The molecule has 10 heteroatoms. The predicted molar refractivity (Wildman–Crippen MR) is 159 cm³/mol. The minimum atomic E-state index is -3.57. The molecule has 2 amide bonds. The Morgan fingerprint density at radius 1 is 1.05 bits per heavy atom. The van der Waals surface area contributed by atoms with E-state index in [1.54, 1.807) is 25.1 Å². The Morgan fingerprint density at radius 3 is 2.38 bits per heavy atom. The number of anilines is 1. The van der Waals surface area contributed by atoms with Gasteiger partial charge in [-0.1, -0.05) is 60.7 Å². The van der Waals surface area contributed by atoms with Crippen molar-refractivity contribution in [3.05, 3.63) is 63.1 Å². The summed E-state index contributed by atoms with van der Waals surface area (Å²) in [5, 5.41) is 4.01. The molecule has 0 aromatic heterocycles. The van der Waals surface area contributed by atoms with E-state index in [0.29, 0.717) is 27.7 Å². The maximum absolute atomic E-state index is 13.6. The molecule has 1 N–H and O–H groups in total. The van der Waals surface area contributed by atoms with Crippen molar-refractivity contribution >= 4 is 50.7 Å². The first-order valence-electron chi connectivity index (χ1n) is 13.5. The van der Waals surface area contributed by atoms with Crippen LogP contribution in [0.5, 0.6) is 0 Å². The summed E-state index contributed by atoms with van der Waals surface area (Å²) >= 11 is 12.5. The third kappa shape index (κ3) is 8.85. The van der Waals surface area contributed by atoms with Gasteiger partial charge in [-0.05, 0) is 74.9 Å². The van der Waals surface area contributed by atoms with E-state index in [4.69, 9.17) is 23.2 Å². The molecule has 1 saturated carbocycles. The Morgan fingerprint density at radius 2 is 1.74 bits per heavy atom. The van der Waals surface area contributed by atoms with Gasteiger partial charge < -0.3 is 10.2 Å². The minimum Gasteiger partial charge on any atom is -0.352 e. The first kappa shape index (κ1) is 31.2. The number of benzene rings is 2. The van der Waals surface area contributed by atoms with E-state index in [9.17, 15) is 18.0 Å². The number of carbonyl (C=O) groups excluding carboxylic acids is 2. The monoisotopic (exact) mass is 595 g/mol. The number of hydrogen-bond donors (Lipinski definition) is 1. The Labute approximate surface area is 242 Å². The van der Waals surface area contributed by atoms with Gasteiger partial charge in [-0.3, -0.25) is 13.9 Å². The molecule has 0 radical (unpaired) electrons. The van der Waals surface area contributed by atoms with Crippen LogP contribution in [0.2, 0.25) is 10.0 Å². The van der Waals surface area contributed by atoms with Crippen molar-refractivity contribution in [2.24, 2.45) is 0 Å². The highest BCUT2D eigenvalue weighted by atomic mass is 35.5. The van der Waals surface area contributed by atoms with Crippen LogP contribution in [-0.4, -0.2) is 50.0 Å². The fourth-order valence-corrected chi connectivity index (χ4v) is 6.44. The molecule has 0 bridgehead atoms. The first-order chi connectivity index (χ1) is 18.4. The van der Waals surface area contributed by atoms with Crippen molar-refractivity contribution < 1.29 is 18.0 Å². The standard InChI is InChI=1S/C29H39Cl2N3O4S/c1-20-12-13-21(2)27(17-20)34(39(4,37)38)16-8-11-28(35)33(19-23-14-15-24(30)18-26(23)31)22(3)29(36)32-25-9-6-5-7-10-25/h12-15,17-18,22,25H,5-11,16,19H2,1-4H3,(H,32,36). The van der Waals surface area contributed by atoms with Crippen LogP contribution in [0, 0.1) is 13.8 Å². The van der Waals surface area contributed by atoms with E-state index < -0.39 is 16.1 Å². The molecule has 1 aliphatic rings. The zero-order valence-electron chi connectivity index (χ0n) is 23.2. The maximum atomic E-state index is 13.6. The van der Waals surface area contributed by atoms with Crippen molar-refractivity contribution in [2.45, 2.75) is 84.3 Å². The Bertz CT molecular complexity index is 1280. The number of sulfonamides is 1. The lowest BCUT2D eigenvalue weighted by Crippen LogP contribution is -2.50. The zero-order valence-corrected chi connectivity index (χ0v) is 25.5. The largest absolute Gasteiger partial charge is 0.352 e. The van der Waals surface area contributed by atoms with Crippen molar-refractivity contribution in [2.75, 3.05) is 17.1 Å². The summed E-state index contributed by atoms with van der Waals surface area (Å²) < 4.78 is 26.6. The molecule has 0 aliphatic heterocycles. The van der Waals surface area contributed by atoms with Crippen LogP contribution in [0.25, 0.3) is 0 Å². The molecule has 214 valence electrons. The maximum Gasteiger partial charge on any atom is 0.242 e. The summed E-state index contributed by atoms with van der Waals surface area (Å²) in [6.07, 6.45) is 6.75. The molecule has 1 aliphatic carbocycles. The normalized spacial score (nSPS) is 15.0. The van der Waals surface area contributed by atoms with Gasteiger partial charge >= 0.3 is 0 Å². The van der Waals surface area contributed by atoms with Crippen molar-refractivity contribution in [1.82, 2.24) is 10.2 Å². The van der Waals surface area contributed by atoms with Crippen molar-refractivity contribution in [1.29, 1.82) is 0 Å². The first-order valence-corrected chi connectivity index (χ1v) is 16.1. The highest BCUT2D eigenvalue weighted by Crippen LogP contribution is 2.26. The number of carbonyl (C=O) groups is 2. The molecule has 39 heavy (non-hydrogen) atoms. The van der Waals surface area contributed by atoms with E-state index in [1.165, 1.54) is 21.9 Å². The van der Waals surface area contributed by atoms with Crippen molar-refractivity contribution in [3.63, 3.8) is 0 Å². The zero-order chi connectivity index (χ0) is 28.7. The Hall–Kier alpha value is -2.29. The van der Waals surface area contributed by atoms with Gasteiger partial charge in [0.25, 0.3) is 0 Å². The van der Waals surface area contributed by atoms with Crippen LogP contribution >= 0.6 is 23.2 Å². The second-order valence-electron chi connectivity index (χ2n) is 10.5. The van der Waals surface area contributed by atoms with E-state index in [2.05, 4.69) is 5.32 Å². The van der Waals surface area contributed by atoms with Crippen molar-refractivity contribution in [3.8, 4) is 0 Å². The quantitative estimate of drug-likeness (QED) is 0.344. The SMILES string of the molecule is Cc1ccc(C)c(N(CCCC(=O)N(Cc2ccc(Cl)cc2Cl)C(C)C(=O)NC2CCCCC2)S(C)(=O)=O)c1. The van der Waals surface area contributed by atoms with Gasteiger partial charge in [-0.15, -0.1) is 0 Å². The van der Waals surface area contributed by atoms with Crippen LogP contribution in [0.15, 0.2) is 36.4 Å². The average molecular weight is 597 g/mol. The van der Waals surface area contributed by atoms with Gasteiger partial charge in [0.2, 0.25) is 21.8 Å². The molecule has 2 aromatic carbocycles. The summed E-state index contributed by atoms with van der Waals surface area (Å²) in [6.45, 7) is 5.78. The van der Waals surface area contributed by atoms with Crippen LogP contribution in [0.3, 0.4) is 0 Å². The van der Waals surface area contributed by atoms with Crippen LogP contribution < -0.4 is 9.62 Å². The van der Waals surface area contributed by atoms with Crippen LogP contribution in [0.1, 0.15) is 68.6 Å². The number of halogens is 2. The Kier molecular flexibility index (Phi) is 11.1. The number of hydrogen-bond acceptors (Lipinski definition) is 4. The number of rotatable bonds is 11. The number of aryl methyl sites for hydroxylation is 2. The minimum absolute atomic E-state index is 0.0726. The second kappa shape index (κ2) is 13.9. The number of nitrogens with one attached hydrogen (secondary N) is 1. The van der Waals surface area contributed by atoms with Gasteiger partial charge in [-0.2, -0.15) is 0 Å². The fraction of sp³-hybridized carbons (Fsp3) is 0.517. The van der Waals surface area contributed by atoms with Crippen LogP contribution in [-0.2, 0) is 26.2 Å². The molecule has 1 unspecified atom stereocenters. The topological polar surface area (TPSA) is 86.8 Å². The predicted octanol–water partition coefficient (Wildman–Crippen LogP) is 6.02. The smallest absolute Gasteiger partial charge is 0.242 e. The fourth-order valence-electron chi connectivity index (χ4n) is 4.96. The molecule has 7 nitrogen and oxygen atoms in total. The summed E-state index contributed by atoms with van der Waals surface area (Å²) in [4.78, 5) is 28.3. The van der Waals surface area contributed by atoms with Gasteiger partial charge in [0, 0.05) is 35.6 Å². The summed E-state index contributed by atoms with van der Waals surface area (Å²) in [5.74, 6) is -0.449. The van der Waals surface area contributed by atoms with Gasteiger partial charge in [-0.25, -0.2) is 8.42 Å². The van der Waals surface area contributed by atoms with E-state index in [0.717, 1.165) is 36.8 Å². The third-order valence-electron chi connectivity index (χ3n) is 7.26. The lowest BCUT2D eigenvalue weighted by atomic mass is 9.95. The van der Waals surface area contributed by atoms with E-state index in [-0.39, 0.29) is 37.4 Å². The van der Waals surface area contributed by atoms with Gasteiger partial charge in [0.15, 0.2) is 0 Å².